The number of hydrogen-bond donors (Lipinski definition) is 2. The number of rotatable bonds is 6. The highest BCUT2D eigenvalue weighted by molar-refractivity contribution is 5.90. The van der Waals surface area contributed by atoms with E-state index in [9.17, 15) is 18.0 Å². The fourth-order valence-electron chi connectivity index (χ4n) is 2.03. The normalized spacial score (nSPS) is 11.3. The Hall–Kier alpha value is -2.34. The van der Waals surface area contributed by atoms with Crippen LogP contribution in [0.1, 0.15) is 17.5 Å². The molecule has 122 valence electrons. The molecule has 2 aromatic carbocycles. The molecule has 0 aromatic heterocycles. The van der Waals surface area contributed by atoms with E-state index < -0.39 is 11.7 Å². The SMILES string of the molecule is O=C(CCNCc1ccccc1)Nc1cccc(C(F)(F)F)c1. The third-order valence-corrected chi connectivity index (χ3v) is 3.17. The van der Waals surface area contributed by atoms with Gasteiger partial charge in [-0.15, -0.1) is 0 Å². The number of benzene rings is 2. The lowest BCUT2D eigenvalue weighted by Gasteiger charge is -2.10. The van der Waals surface area contributed by atoms with E-state index in [1.165, 1.54) is 12.1 Å². The predicted octanol–water partition coefficient (Wildman–Crippen LogP) is 3.82. The molecule has 0 unspecified atom stereocenters. The Kier molecular flexibility index (Phi) is 5.76. The number of hydrogen-bond acceptors (Lipinski definition) is 2. The Morgan fingerprint density at radius 1 is 1.00 bits per heavy atom. The molecule has 0 radical (unpaired) electrons. The van der Waals surface area contributed by atoms with Crippen LogP contribution in [0.4, 0.5) is 18.9 Å². The average Bonchev–Trinajstić information content (AvgIpc) is 2.52. The van der Waals surface area contributed by atoms with E-state index in [1.54, 1.807) is 0 Å². The van der Waals surface area contributed by atoms with E-state index in [4.69, 9.17) is 0 Å². The van der Waals surface area contributed by atoms with Crippen LogP contribution in [0.25, 0.3) is 0 Å². The standard InChI is InChI=1S/C17H17F3N2O/c18-17(19,20)14-7-4-8-15(11-14)22-16(23)9-10-21-12-13-5-2-1-3-6-13/h1-8,11,21H,9-10,12H2,(H,22,23). The van der Waals surface area contributed by atoms with Crippen LogP contribution in [0, 0.1) is 0 Å². The molecule has 0 bridgehead atoms. The van der Waals surface area contributed by atoms with Crippen molar-refractivity contribution in [1.29, 1.82) is 0 Å². The quantitative estimate of drug-likeness (QED) is 0.794. The molecule has 0 aliphatic carbocycles. The first-order valence-electron chi connectivity index (χ1n) is 7.17. The van der Waals surface area contributed by atoms with Crippen molar-refractivity contribution in [2.45, 2.75) is 19.1 Å². The van der Waals surface area contributed by atoms with Gasteiger partial charge in [0, 0.05) is 25.2 Å². The van der Waals surface area contributed by atoms with Crippen LogP contribution in [0.15, 0.2) is 54.6 Å². The smallest absolute Gasteiger partial charge is 0.326 e. The number of amides is 1. The number of anilines is 1. The fraction of sp³-hybridized carbons (Fsp3) is 0.235. The Balaban J connectivity index is 1.77. The van der Waals surface area contributed by atoms with Crippen molar-refractivity contribution in [3.8, 4) is 0 Å². The Labute approximate surface area is 132 Å². The van der Waals surface area contributed by atoms with Gasteiger partial charge in [-0.3, -0.25) is 4.79 Å². The minimum absolute atomic E-state index is 0.146. The lowest BCUT2D eigenvalue weighted by molar-refractivity contribution is -0.137. The van der Waals surface area contributed by atoms with Crippen LogP contribution < -0.4 is 10.6 Å². The number of nitrogens with one attached hydrogen (secondary N) is 2. The highest BCUT2D eigenvalue weighted by Gasteiger charge is 2.30. The predicted molar refractivity (Wildman–Crippen MR) is 82.8 cm³/mol. The average molecular weight is 322 g/mol. The fourth-order valence-corrected chi connectivity index (χ4v) is 2.03. The molecular weight excluding hydrogens is 305 g/mol. The second kappa shape index (κ2) is 7.78. The maximum Gasteiger partial charge on any atom is 0.416 e. The molecule has 0 atom stereocenters. The zero-order valence-electron chi connectivity index (χ0n) is 12.4. The second-order valence-electron chi connectivity index (χ2n) is 5.04. The number of halogens is 3. The Morgan fingerprint density at radius 3 is 2.43 bits per heavy atom. The molecule has 2 N–H and O–H groups in total. The molecule has 6 heteroatoms. The van der Waals surface area contributed by atoms with Gasteiger partial charge < -0.3 is 10.6 Å². The van der Waals surface area contributed by atoms with Crippen molar-refractivity contribution in [1.82, 2.24) is 5.32 Å². The lowest BCUT2D eigenvalue weighted by Crippen LogP contribution is -2.21. The highest BCUT2D eigenvalue weighted by Crippen LogP contribution is 2.30. The van der Waals surface area contributed by atoms with Crippen LogP contribution in [0.2, 0.25) is 0 Å². The van der Waals surface area contributed by atoms with E-state index in [-0.39, 0.29) is 18.0 Å². The zero-order chi connectivity index (χ0) is 16.7. The van der Waals surface area contributed by atoms with E-state index in [1.807, 2.05) is 30.3 Å². The minimum atomic E-state index is -4.42. The maximum atomic E-state index is 12.6. The molecule has 3 nitrogen and oxygen atoms in total. The Bertz CT molecular complexity index is 642. The number of alkyl halides is 3. The summed E-state index contributed by atoms with van der Waals surface area (Å²) in [5, 5.41) is 5.59. The van der Waals surface area contributed by atoms with Gasteiger partial charge in [0.15, 0.2) is 0 Å². The van der Waals surface area contributed by atoms with Crippen LogP contribution in [0.5, 0.6) is 0 Å². The highest BCUT2D eigenvalue weighted by atomic mass is 19.4. The van der Waals surface area contributed by atoms with Gasteiger partial charge in [0.25, 0.3) is 0 Å². The summed E-state index contributed by atoms with van der Waals surface area (Å²) < 4.78 is 37.8. The molecule has 0 aliphatic heterocycles. The molecular formula is C17H17F3N2O. The Morgan fingerprint density at radius 2 is 1.74 bits per heavy atom. The third-order valence-electron chi connectivity index (χ3n) is 3.17. The van der Waals surface area contributed by atoms with Crippen molar-refractivity contribution < 1.29 is 18.0 Å². The molecule has 0 fully saturated rings. The summed E-state index contributed by atoms with van der Waals surface area (Å²) in [6, 6.07) is 14.3. The minimum Gasteiger partial charge on any atom is -0.326 e. The van der Waals surface area contributed by atoms with Crippen LogP contribution in [0.3, 0.4) is 0 Å². The van der Waals surface area contributed by atoms with E-state index in [2.05, 4.69) is 10.6 Å². The summed E-state index contributed by atoms with van der Waals surface area (Å²) in [4.78, 5) is 11.8. The van der Waals surface area contributed by atoms with Gasteiger partial charge in [0.05, 0.1) is 5.56 Å². The van der Waals surface area contributed by atoms with E-state index >= 15 is 0 Å². The van der Waals surface area contributed by atoms with Crippen molar-refractivity contribution in [3.05, 3.63) is 65.7 Å². The second-order valence-corrected chi connectivity index (χ2v) is 5.04. The third kappa shape index (κ3) is 5.75. The first-order chi connectivity index (χ1) is 10.9. The van der Waals surface area contributed by atoms with Gasteiger partial charge in [-0.05, 0) is 23.8 Å². The number of carbonyl (C=O) groups excluding carboxylic acids is 1. The lowest BCUT2D eigenvalue weighted by atomic mass is 10.2. The largest absolute Gasteiger partial charge is 0.416 e. The van der Waals surface area contributed by atoms with E-state index in [0.717, 1.165) is 17.7 Å². The monoisotopic (exact) mass is 322 g/mol. The molecule has 0 heterocycles. The zero-order valence-corrected chi connectivity index (χ0v) is 12.4. The van der Waals surface area contributed by atoms with Crippen LogP contribution in [-0.2, 0) is 17.5 Å². The topological polar surface area (TPSA) is 41.1 Å². The van der Waals surface area contributed by atoms with Crippen molar-refractivity contribution in [2.24, 2.45) is 0 Å². The molecule has 23 heavy (non-hydrogen) atoms. The van der Waals surface area contributed by atoms with Crippen molar-refractivity contribution in [2.75, 3.05) is 11.9 Å². The summed E-state index contributed by atoms with van der Waals surface area (Å²) in [5.74, 6) is -0.329. The van der Waals surface area contributed by atoms with Gasteiger partial charge >= 0.3 is 6.18 Å². The first kappa shape index (κ1) is 17.0. The maximum absolute atomic E-state index is 12.6. The van der Waals surface area contributed by atoms with Crippen LogP contribution in [-0.4, -0.2) is 12.5 Å². The van der Waals surface area contributed by atoms with Gasteiger partial charge in [0.1, 0.15) is 0 Å². The summed E-state index contributed by atoms with van der Waals surface area (Å²) >= 11 is 0. The summed E-state index contributed by atoms with van der Waals surface area (Å²) in [6.07, 6.45) is -4.24. The summed E-state index contributed by atoms with van der Waals surface area (Å²) in [6.45, 7) is 1.08. The van der Waals surface area contributed by atoms with Gasteiger partial charge in [0.2, 0.25) is 5.91 Å². The molecule has 0 spiro atoms. The molecule has 0 saturated carbocycles. The van der Waals surface area contributed by atoms with Gasteiger partial charge in [-0.1, -0.05) is 36.4 Å². The molecule has 2 aromatic rings. The van der Waals surface area contributed by atoms with E-state index in [0.29, 0.717) is 13.1 Å². The summed E-state index contributed by atoms with van der Waals surface area (Å²) in [7, 11) is 0. The molecule has 1 amide bonds. The van der Waals surface area contributed by atoms with Gasteiger partial charge in [-0.25, -0.2) is 0 Å². The van der Waals surface area contributed by atoms with Gasteiger partial charge in [-0.2, -0.15) is 13.2 Å². The molecule has 2 rings (SSSR count). The van der Waals surface area contributed by atoms with Crippen molar-refractivity contribution in [3.63, 3.8) is 0 Å². The first-order valence-corrected chi connectivity index (χ1v) is 7.17. The van der Waals surface area contributed by atoms with Crippen LogP contribution >= 0.6 is 0 Å². The summed E-state index contributed by atoms with van der Waals surface area (Å²) in [5.41, 5.74) is 0.469. The van der Waals surface area contributed by atoms with Crippen molar-refractivity contribution >= 4 is 11.6 Å². The number of carbonyl (C=O) groups is 1. The molecule has 0 saturated heterocycles. The molecule has 0 aliphatic rings.